The van der Waals surface area contributed by atoms with Gasteiger partial charge in [-0.15, -0.1) is 0 Å². The summed E-state index contributed by atoms with van der Waals surface area (Å²) in [6.07, 6.45) is 3.07. The lowest BCUT2D eigenvalue weighted by Gasteiger charge is -1.87. The Balaban J connectivity index is 2.55. The maximum absolute atomic E-state index is 5.94. The summed E-state index contributed by atoms with van der Waals surface area (Å²) in [4.78, 5) is 0. The van der Waals surface area contributed by atoms with Gasteiger partial charge in [-0.1, -0.05) is 16.8 Å². The van der Waals surface area contributed by atoms with Crippen molar-refractivity contribution in [2.45, 2.75) is 6.92 Å². The van der Waals surface area contributed by atoms with Crippen molar-refractivity contribution in [2.24, 2.45) is 0 Å². The van der Waals surface area contributed by atoms with Crippen molar-refractivity contribution in [3.63, 3.8) is 0 Å². The molecule has 4 nitrogen and oxygen atoms in total. The fourth-order valence-corrected chi connectivity index (χ4v) is 1.12. The van der Waals surface area contributed by atoms with Gasteiger partial charge in [0.2, 0.25) is 0 Å². The minimum Gasteiger partial charge on any atom is -0.364 e. The second kappa shape index (κ2) is 2.64. The van der Waals surface area contributed by atoms with Crippen LogP contribution in [0.5, 0.6) is 0 Å². The smallest absolute Gasteiger partial charge is 0.133 e. The van der Waals surface area contributed by atoms with Crippen molar-refractivity contribution in [2.75, 3.05) is 0 Å². The molecule has 2 heterocycles. The predicted molar refractivity (Wildman–Crippen MR) is 43.8 cm³/mol. The molecule has 62 valence electrons. The van der Waals surface area contributed by atoms with E-state index in [1.807, 2.05) is 6.92 Å². The average Bonchev–Trinajstić information content (AvgIpc) is 2.64. The highest BCUT2D eigenvalue weighted by Crippen LogP contribution is 2.26. The number of nitrogens with zero attached hydrogens (tertiary/aromatic N) is 2. The molecule has 2 aromatic rings. The van der Waals surface area contributed by atoms with Crippen LogP contribution in [0.15, 0.2) is 17.0 Å². The maximum atomic E-state index is 5.94. The first kappa shape index (κ1) is 7.36. The van der Waals surface area contributed by atoms with Gasteiger partial charge < -0.3 is 4.52 Å². The van der Waals surface area contributed by atoms with Crippen LogP contribution in [0.4, 0.5) is 0 Å². The molecule has 0 amide bonds. The summed E-state index contributed by atoms with van der Waals surface area (Å²) in [5.41, 5.74) is 2.30. The lowest BCUT2D eigenvalue weighted by atomic mass is 10.2. The molecular weight excluding hydrogens is 178 g/mol. The van der Waals surface area contributed by atoms with E-state index in [4.69, 9.17) is 11.6 Å². The van der Waals surface area contributed by atoms with E-state index in [1.54, 1.807) is 6.20 Å². The number of H-pyrrole nitrogens is 1. The molecule has 5 heteroatoms. The molecule has 0 unspecified atom stereocenters. The Bertz CT molecular complexity index is 379. The average molecular weight is 184 g/mol. The maximum Gasteiger partial charge on any atom is 0.133 e. The molecule has 0 bridgehead atoms. The highest BCUT2D eigenvalue weighted by atomic mass is 35.5. The van der Waals surface area contributed by atoms with E-state index in [1.165, 1.54) is 6.26 Å². The Morgan fingerprint density at radius 3 is 2.92 bits per heavy atom. The van der Waals surface area contributed by atoms with E-state index in [0.29, 0.717) is 10.7 Å². The van der Waals surface area contributed by atoms with Crippen LogP contribution in [-0.2, 0) is 0 Å². The topological polar surface area (TPSA) is 54.7 Å². The van der Waals surface area contributed by atoms with Crippen molar-refractivity contribution in [3.05, 3.63) is 23.2 Å². The van der Waals surface area contributed by atoms with Gasteiger partial charge >= 0.3 is 0 Å². The minimum absolute atomic E-state index is 0.609. The van der Waals surface area contributed by atoms with Gasteiger partial charge in [-0.2, -0.15) is 5.10 Å². The summed E-state index contributed by atoms with van der Waals surface area (Å²) in [7, 11) is 0. The normalized spacial score (nSPS) is 10.5. The third kappa shape index (κ3) is 1.00. The predicted octanol–water partition coefficient (Wildman–Crippen LogP) is 2.03. The van der Waals surface area contributed by atoms with Crippen molar-refractivity contribution < 1.29 is 4.52 Å². The lowest BCUT2D eigenvalue weighted by Crippen LogP contribution is -1.73. The number of rotatable bonds is 1. The van der Waals surface area contributed by atoms with Crippen molar-refractivity contribution in [1.29, 1.82) is 0 Å². The number of halogens is 1. The highest BCUT2D eigenvalue weighted by Gasteiger charge is 2.10. The standard InChI is InChI=1S/C7H6ClN3O/c1-4-6(8)7(11-10-4)5-2-9-12-3-5/h2-3H,1H3,(H,10,11). The zero-order valence-corrected chi connectivity index (χ0v) is 7.09. The summed E-state index contributed by atoms with van der Waals surface area (Å²) in [5.74, 6) is 0. The molecular formula is C7H6ClN3O. The SMILES string of the molecule is Cc1[nH]nc(-c2cnoc2)c1Cl. The number of aromatic nitrogens is 3. The summed E-state index contributed by atoms with van der Waals surface area (Å²) < 4.78 is 4.67. The zero-order chi connectivity index (χ0) is 8.55. The van der Waals surface area contributed by atoms with Gasteiger partial charge in [0.1, 0.15) is 12.0 Å². The first-order valence-electron chi connectivity index (χ1n) is 3.39. The van der Waals surface area contributed by atoms with E-state index in [9.17, 15) is 0 Å². The van der Waals surface area contributed by atoms with Crippen LogP contribution in [-0.4, -0.2) is 15.4 Å². The van der Waals surface area contributed by atoms with Crippen LogP contribution in [0.1, 0.15) is 5.69 Å². The van der Waals surface area contributed by atoms with Gasteiger partial charge in [-0.3, -0.25) is 5.10 Å². The van der Waals surface area contributed by atoms with Crippen LogP contribution in [0.2, 0.25) is 5.02 Å². The fourth-order valence-electron chi connectivity index (χ4n) is 0.929. The number of aromatic amines is 1. The largest absolute Gasteiger partial charge is 0.364 e. The first-order valence-corrected chi connectivity index (χ1v) is 3.77. The quantitative estimate of drug-likeness (QED) is 0.736. The molecule has 2 aromatic heterocycles. The molecule has 0 atom stereocenters. The van der Waals surface area contributed by atoms with E-state index >= 15 is 0 Å². The van der Waals surface area contributed by atoms with E-state index in [-0.39, 0.29) is 0 Å². The van der Waals surface area contributed by atoms with Crippen LogP contribution in [0.25, 0.3) is 11.3 Å². The highest BCUT2D eigenvalue weighted by molar-refractivity contribution is 6.33. The summed E-state index contributed by atoms with van der Waals surface area (Å²) in [6, 6.07) is 0. The van der Waals surface area contributed by atoms with Gasteiger partial charge in [0, 0.05) is 0 Å². The van der Waals surface area contributed by atoms with Gasteiger partial charge in [-0.05, 0) is 6.92 Å². The van der Waals surface area contributed by atoms with E-state index < -0.39 is 0 Å². The molecule has 2 rings (SSSR count). The van der Waals surface area contributed by atoms with Crippen molar-refractivity contribution in [1.82, 2.24) is 15.4 Å². The molecule has 0 aliphatic rings. The van der Waals surface area contributed by atoms with Crippen molar-refractivity contribution >= 4 is 11.6 Å². The van der Waals surface area contributed by atoms with E-state index in [0.717, 1.165) is 11.3 Å². The second-order valence-corrected chi connectivity index (χ2v) is 2.80. The molecule has 0 saturated carbocycles. The fraction of sp³-hybridized carbons (Fsp3) is 0.143. The molecule has 0 saturated heterocycles. The molecule has 0 aromatic carbocycles. The summed E-state index contributed by atoms with van der Waals surface area (Å²) in [5, 5.41) is 10.9. The molecule has 12 heavy (non-hydrogen) atoms. The number of hydrogen-bond acceptors (Lipinski definition) is 3. The third-order valence-electron chi connectivity index (χ3n) is 1.58. The van der Waals surface area contributed by atoms with E-state index in [2.05, 4.69) is 19.9 Å². The molecule has 0 aliphatic carbocycles. The summed E-state index contributed by atoms with van der Waals surface area (Å²) >= 11 is 5.94. The second-order valence-electron chi connectivity index (χ2n) is 2.42. The Hall–Kier alpha value is -1.29. The van der Waals surface area contributed by atoms with Gasteiger partial charge in [0.25, 0.3) is 0 Å². The van der Waals surface area contributed by atoms with Gasteiger partial charge in [0.15, 0.2) is 0 Å². The Morgan fingerprint density at radius 2 is 2.42 bits per heavy atom. The van der Waals surface area contributed by atoms with Crippen molar-refractivity contribution in [3.8, 4) is 11.3 Å². The Kier molecular flexibility index (Phi) is 1.62. The van der Waals surface area contributed by atoms with Crippen LogP contribution >= 0.6 is 11.6 Å². The third-order valence-corrected chi connectivity index (χ3v) is 2.04. The van der Waals surface area contributed by atoms with Crippen LogP contribution in [0.3, 0.4) is 0 Å². The summed E-state index contributed by atoms with van der Waals surface area (Å²) in [6.45, 7) is 1.85. The minimum atomic E-state index is 0.609. The lowest BCUT2D eigenvalue weighted by molar-refractivity contribution is 0.420. The Labute approximate surface area is 73.5 Å². The number of nitrogens with one attached hydrogen (secondary N) is 1. The molecule has 1 N–H and O–H groups in total. The first-order chi connectivity index (χ1) is 5.79. The van der Waals surface area contributed by atoms with Crippen LogP contribution < -0.4 is 0 Å². The molecule has 0 radical (unpaired) electrons. The number of aryl methyl sites for hydroxylation is 1. The monoisotopic (exact) mass is 183 g/mol. The molecule has 0 spiro atoms. The molecule has 0 fully saturated rings. The molecule has 0 aliphatic heterocycles. The Morgan fingerprint density at radius 1 is 1.58 bits per heavy atom. The van der Waals surface area contributed by atoms with Gasteiger partial charge in [-0.25, -0.2) is 0 Å². The number of hydrogen-bond donors (Lipinski definition) is 1. The zero-order valence-electron chi connectivity index (χ0n) is 6.34. The van der Waals surface area contributed by atoms with Crippen LogP contribution in [0, 0.1) is 6.92 Å². The van der Waals surface area contributed by atoms with Gasteiger partial charge in [0.05, 0.1) is 22.5 Å².